The Balaban J connectivity index is 2.83. The van der Waals surface area contributed by atoms with E-state index in [9.17, 15) is 9.59 Å². The summed E-state index contributed by atoms with van der Waals surface area (Å²) in [5.41, 5.74) is -0.0282. The number of benzene rings is 1. The number of hydrogen-bond donors (Lipinski definition) is 2. The molecule has 6 heteroatoms. The van der Waals surface area contributed by atoms with Crippen LogP contribution < -0.4 is 10.1 Å². The number of carboxylic acid groups (broad SMARTS) is 1. The largest absolute Gasteiger partial charge is 0.480 e. The highest BCUT2D eigenvalue weighted by atomic mass is 35.5. The third-order valence-corrected chi connectivity index (χ3v) is 2.63. The Hall–Kier alpha value is -1.75. The lowest BCUT2D eigenvalue weighted by atomic mass is 10.2. The van der Waals surface area contributed by atoms with E-state index in [0.29, 0.717) is 11.6 Å². The fourth-order valence-corrected chi connectivity index (χ4v) is 1.57. The third-order valence-electron chi connectivity index (χ3n) is 2.40. The molecule has 0 heterocycles. The van der Waals surface area contributed by atoms with Crippen LogP contribution in [0.25, 0.3) is 0 Å². The van der Waals surface area contributed by atoms with E-state index in [2.05, 4.69) is 5.32 Å². The molecule has 1 atom stereocenters. The summed E-state index contributed by atoms with van der Waals surface area (Å²) >= 11 is 5.79. The van der Waals surface area contributed by atoms with E-state index in [1.807, 2.05) is 6.92 Å². The van der Waals surface area contributed by atoms with E-state index < -0.39 is 12.1 Å². The number of halogens is 1. The molecule has 1 unspecified atom stereocenters. The second-order valence-corrected chi connectivity index (χ2v) is 4.43. The Morgan fingerprint density at radius 1 is 1.47 bits per heavy atom. The number of aromatic carboxylic acids is 1. The number of amides is 1. The molecule has 0 aromatic heterocycles. The van der Waals surface area contributed by atoms with Crippen molar-refractivity contribution < 1.29 is 19.4 Å². The monoisotopic (exact) mass is 285 g/mol. The van der Waals surface area contributed by atoms with Crippen LogP contribution in [0.4, 0.5) is 0 Å². The minimum Gasteiger partial charge on any atom is -0.480 e. The second-order valence-electron chi connectivity index (χ2n) is 4.00. The van der Waals surface area contributed by atoms with Gasteiger partial charge in [-0.15, -0.1) is 0 Å². The molecule has 2 N–H and O–H groups in total. The van der Waals surface area contributed by atoms with E-state index in [4.69, 9.17) is 21.4 Å². The Labute approximate surface area is 116 Å². The molecule has 0 aliphatic heterocycles. The average Bonchev–Trinajstić information content (AvgIpc) is 2.35. The summed E-state index contributed by atoms with van der Waals surface area (Å²) in [5.74, 6) is -1.34. The van der Waals surface area contributed by atoms with Gasteiger partial charge in [0.15, 0.2) is 6.10 Å². The van der Waals surface area contributed by atoms with Crippen LogP contribution in [0.1, 0.15) is 30.6 Å². The topological polar surface area (TPSA) is 75.6 Å². The molecule has 0 bridgehead atoms. The predicted molar refractivity (Wildman–Crippen MR) is 71.8 cm³/mol. The number of carbonyl (C=O) groups is 2. The Morgan fingerprint density at radius 3 is 2.74 bits per heavy atom. The smallest absolute Gasteiger partial charge is 0.339 e. The number of rotatable bonds is 6. The van der Waals surface area contributed by atoms with Gasteiger partial charge in [-0.3, -0.25) is 4.79 Å². The average molecular weight is 286 g/mol. The summed E-state index contributed by atoms with van der Waals surface area (Å²) in [6.07, 6.45) is 0.0267. The lowest BCUT2D eigenvalue weighted by Crippen LogP contribution is -2.36. The molecular formula is C13H16ClNO4. The zero-order valence-corrected chi connectivity index (χ0v) is 11.5. The van der Waals surface area contributed by atoms with Gasteiger partial charge in [-0.2, -0.15) is 0 Å². The van der Waals surface area contributed by atoms with Crippen molar-refractivity contribution in [1.82, 2.24) is 5.32 Å². The van der Waals surface area contributed by atoms with Crippen LogP contribution in [-0.2, 0) is 4.79 Å². The van der Waals surface area contributed by atoms with Gasteiger partial charge in [0.2, 0.25) is 0 Å². The molecule has 0 fully saturated rings. The highest BCUT2D eigenvalue weighted by Gasteiger charge is 2.18. The normalized spacial score (nSPS) is 11.7. The minimum atomic E-state index is -1.13. The Kier molecular flexibility index (Phi) is 5.63. The molecule has 1 aromatic rings. The zero-order valence-electron chi connectivity index (χ0n) is 10.8. The summed E-state index contributed by atoms with van der Waals surface area (Å²) in [6, 6.07) is 4.19. The van der Waals surface area contributed by atoms with Crippen molar-refractivity contribution in [2.24, 2.45) is 0 Å². The van der Waals surface area contributed by atoms with Crippen LogP contribution in [0.15, 0.2) is 18.2 Å². The van der Waals surface area contributed by atoms with Gasteiger partial charge in [-0.1, -0.05) is 18.5 Å². The van der Waals surface area contributed by atoms with E-state index >= 15 is 0 Å². The molecule has 1 aromatic carbocycles. The molecule has 0 spiro atoms. The number of nitrogens with one attached hydrogen (secondary N) is 1. The van der Waals surface area contributed by atoms with E-state index in [0.717, 1.165) is 6.42 Å². The van der Waals surface area contributed by atoms with Gasteiger partial charge in [0.1, 0.15) is 11.3 Å². The maximum Gasteiger partial charge on any atom is 0.339 e. The molecule has 0 radical (unpaired) electrons. The van der Waals surface area contributed by atoms with Gasteiger partial charge < -0.3 is 15.2 Å². The fraction of sp³-hybridized carbons (Fsp3) is 0.385. The molecular weight excluding hydrogens is 270 g/mol. The molecule has 1 rings (SSSR count). The number of hydrogen-bond acceptors (Lipinski definition) is 3. The summed E-state index contributed by atoms with van der Waals surface area (Å²) in [6.45, 7) is 4.04. The lowest BCUT2D eigenvalue weighted by Gasteiger charge is -2.16. The SMILES string of the molecule is CCCNC(=O)C(C)Oc1cc(Cl)ccc1C(=O)O. The maximum absolute atomic E-state index is 11.7. The first-order valence-electron chi connectivity index (χ1n) is 5.93. The first kappa shape index (κ1) is 15.3. The van der Waals surface area contributed by atoms with Gasteiger partial charge in [0.25, 0.3) is 5.91 Å². The van der Waals surface area contributed by atoms with E-state index in [-0.39, 0.29) is 17.2 Å². The standard InChI is InChI=1S/C13H16ClNO4/c1-3-6-15-12(16)8(2)19-11-7-9(14)4-5-10(11)13(17)18/h4-5,7-8H,3,6H2,1-2H3,(H,15,16)(H,17,18). The quantitative estimate of drug-likeness (QED) is 0.841. The molecule has 1 amide bonds. The molecule has 5 nitrogen and oxygen atoms in total. The minimum absolute atomic E-state index is 0.0282. The van der Waals surface area contributed by atoms with Gasteiger partial charge >= 0.3 is 5.97 Å². The van der Waals surface area contributed by atoms with Crippen molar-refractivity contribution in [2.45, 2.75) is 26.4 Å². The van der Waals surface area contributed by atoms with Crippen molar-refractivity contribution in [2.75, 3.05) is 6.54 Å². The molecule has 104 valence electrons. The van der Waals surface area contributed by atoms with Crippen molar-refractivity contribution >= 4 is 23.5 Å². The lowest BCUT2D eigenvalue weighted by molar-refractivity contribution is -0.127. The number of carbonyl (C=O) groups excluding carboxylic acids is 1. The molecule has 0 aliphatic carbocycles. The Morgan fingerprint density at radius 2 is 2.16 bits per heavy atom. The number of carboxylic acids is 1. The highest BCUT2D eigenvalue weighted by molar-refractivity contribution is 6.30. The molecule has 0 aliphatic rings. The third kappa shape index (κ3) is 4.44. The first-order chi connectivity index (χ1) is 8.95. The van der Waals surface area contributed by atoms with E-state index in [1.165, 1.54) is 18.2 Å². The summed E-state index contributed by atoms with van der Waals surface area (Å²) in [7, 11) is 0. The second kappa shape index (κ2) is 6.99. The Bertz CT molecular complexity index is 476. The van der Waals surface area contributed by atoms with E-state index in [1.54, 1.807) is 6.92 Å². The summed E-state index contributed by atoms with van der Waals surface area (Å²) in [4.78, 5) is 22.7. The summed E-state index contributed by atoms with van der Waals surface area (Å²) in [5, 5.41) is 12.0. The van der Waals surface area contributed by atoms with Gasteiger partial charge in [0.05, 0.1) is 0 Å². The van der Waals surface area contributed by atoms with Crippen molar-refractivity contribution in [3.8, 4) is 5.75 Å². The van der Waals surface area contributed by atoms with Gasteiger partial charge in [-0.25, -0.2) is 4.79 Å². The highest BCUT2D eigenvalue weighted by Crippen LogP contribution is 2.24. The van der Waals surface area contributed by atoms with Gasteiger partial charge in [0, 0.05) is 11.6 Å². The van der Waals surface area contributed by atoms with Crippen LogP contribution in [0, 0.1) is 0 Å². The zero-order chi connectivity index (χ0) is 14.4. The molecule has 0 saturated heterocycles. The van der Waals surface area contributed by atoms with Crippen LogP contribution in [0.5, 0.6) is 5.75 Å². The van der Waals surface area contributed by atoms with Crippen LogP contribution in [-0.4, -0.2) is 29.6 Å². The van der Waals surface area contributed by atoms with Crippen molar-refractivity contribution in [1.29, 1.82) is 0 Å². The molecule has 0 saturated carbocycles. The molecule has 19 heavy (non-hydrogen) atoms. The van der Waals surface area contributed by atoms with Crippen molar-refractivity contribution in [3.63, 3.8) is 0 Å². The first-order valence-corrected chi connectivity index (χ1v) is 6.30. The predicted octanol–water partition coefficient (Wildman–Crippen LogP) is 2.33. The van der Waals surface area contributed by atoms with Crippen LogP contribution in [0.3, 0.4) is 0 Å². The fourth-order valence-electron chi connectivity index (χ4n) is 1.41. The van der Waals surface area contributed by atoms with Crippen LogP contribution in [0.2, 0.25) is 5.02 Å². The van der Waals surface area contributed by atoms with Crippen LogP contribution >= 0.6 is 11.6 Å². The summed E-state index contributed by atoms with van der Waals surface area (Å²) < 4.78 is 5.37. The van der Waals surface area contributed by atoms with Gasteiger partial charge in [-0.05, 0) is 31.5 Å². The number of ether oxygens (including phenoxy) is 1. The maximum atomic E-state index is 11.7. The van der Waals surface area contributed by atoms with Crippen molar-refractivity contribution in [3.05, 3.63) is 28.8 Å².